The van der Waals surface area contributed by atoms with Gasteiger partial charge in [0.05, 0.1) is 5.60 Å². The van der Waals surface area contributed by atoms with E-state index in [2.05, 4.69) is 37.7 Å². The molecular weight excluding hydrogens is 224 g/mol. The van der Waals surface area contributed by atoms with Gasteiger partial charge < -0.3 is 10.0 Å². The number of aliphatic hydroxyl groups is 1. The monoisotopic (exact) mass is 256 g/mol. The molecule has 0 spiro atoms. The number of hydrogen-bond donors (Lipinski definition) is 1. The lowest BCUT2D eigenvalue weighted by molar-refractivity contribution is -0.0292. The first-order chi connectivity index (χ1) is 8.41. The first-order valence-corrected chi connectivity index (χ1v) is 7.51. The molecule has 0 aromatic rings. The van der Waals surface area contributed by atoms with Crippen LogP contribution in [0.3, 0.4) is 0 Å². The normalized spacial score (nSPS) is 20.0. The largest absolute Gasteiger partial charge is 0.389 e. The highest BCUT2D eigenvalue weighted by Gasteiger charge is 2.31. The highest BCUT2D eigenvalue weighted by molar-refractivity contribution is 4.86. The predicted molar refractivity (Wildman–Crippen MR) is 77.9 cm³/mol. The zero-order valence-electron chi connectivity index (χ0n) is 12.8. The Kier molecular flexibility index (Phi) is 6.61. The van der Waals surface area contributed by atoms with Crippen molar-refractivity contribution in [3.8, 4) is 0 Å². The minimum atomic E-state index is -0.417. The van der Waals surface area contributed by atoms with Crippen molar-refractivity contribution in [1.82, 2.24) is 9.80 Å². The summed E-state index contributed by atoms with van der Waals surface area (Å²) in [6.07, 6.45) is 5.66. The van der Waals surface area contributed by atoms with Crippen LogP contribution < -0.4 is 0 Å². The molecule has 3 heteroatoms. The summed E-state index contributed by atoms with van der Waals surface area (Å²) in [5.41, 5.74) is -0.417. The Bertz CT molecular complexity index is 223. The molecule has 1 fully saturated rings. The fourth-order valence-corrected chi connectivity index (χ4v) is 2.88. The second-order valence-corrected chi connectivity index (χ2v) is 6.72. The predicted octanol–water partition coefficient (Wildman–Crippen LogP) is 2.20. The molecule has 108 valence electrons. The molecule has 0 aliphatic heterocycles. The second-order valence-electron chi connectivity index (χ2n) is 6.72. The molecule has 1 aliphatic rings. The Labute approximate surface area is 113 Å². The minimum Gasteiger partial charge on any atom is -0.389 e. The van der Waals surface area contributed by atoms with Gasteiger partial charge in [0.25, 0.3) is 0 Å². The number of rotatable bonds is 7. The summed E-state index contributed by atoms with van der Waals surface area (Å²) in [5.74, 6) is 0.666. The van der Waals surface area contributed by atoms with Gasteiger partial charge in [-0.25, -0.2) is 0 Å². The molecule has 1 rings (SSSR count). The van der Waals surface area contributed by atoms with Gasteiger partial charge in [-0.2, -0.15) is 0 Å². The van der Waals surface area contributed by atoms with Crippen molar-refractivity contribution in [2.75, 3.05) is 40.3 Å². The maximum Gasteiger partial charge on any atom is 0.0774 e. The van der Waals surface area contributed by atoms with Crippen molar-refractivity contribution in [1.29, 1.82) is 0 Å². The summed E-state index contributed by atoms with van der Waals surface area (Å²) in [7, 11) is 4.23. The van der Waals surface area contributed by atoms with Gasteiger partial charge in [0.1, 0.15) is 0 Å². The molecule has 0 amide bonds. The second kappa shape index (κ2) is 7.46. The molecule has 0 bridgehead atoms. The Hall–Kier alpha value is -0.120. The number of nitrogens with zero attached hydrogens (tertiary/aromatic N) is 2. The fourth-order valence-electron chi connectivity index (χ4n) is 2.88. The van der Waals surface area contributed by atoms with Crippen LogP contribution in [-0.2, 0) is 0 Å². The lowest BCUT2D eigenvalue weighted by Crippen LogP contribution is -2.47. The quantitative estimate of drug-likeness (QED) is 0.756. The van der Waals surface area contributed by atoms with Crippen LogP contribution in [0.4, 0.5) is 0 Å². The molecule has 0 atom stereocenters. The maximum absolute atomic E-state index is 10.7. The Balaban J connectivity index is 2.47. The average Bonchev–Trinajstić information content (AvgIpc) is 2.25. The van der Waals surface area contributed by atoms with E-state index in [1.165, 1.54) is 19.3 Å². The first-order valence-electron chi connectivity index (χ1n) is 7.51. The molecule has 1 aliphatic carbocycles. The van der Waals surface area contributed by atoms with Crippen molar-refractivity contribution < 1.29 is 5.11 Å². The summed E-state index contributed by atoms with van der Waals surface area (Å²) in [6.45, 7) is 8.60. The van der Waals surface area contributed by atoms with Crippen LogP contribution in [0.25, 0.3) is 0 Å². The molecule has 0 aromatic carbocycles. The van der Waals surface area contributed by atoms with E-state index in [1.807, 2.05) is 0 Å². The Morgan fingerprint density at radius 2 is 1.67 bits per heavy atom. The van der Waals surface area contributed by atoms with Crippen LogP contribution >= 0.6 is 0 Å². The van der Waals surface area contributed by atoms with Crippen molar-refractivity contribution in [3.63, 3.8) is 0 Å². The number of hydrogen-bond acceptors (Lipinski definition) is 3. The van der Waals surface area contributed by atoms with E-state index >= 15 is 0 Å². The van der Waals surface area contributed by atoms with Crippen LogP contribution in [0, 0.1) is 5.92 Å². The van der Waals surface area contributed by atoms with Gasteiger partial charge in [-0.15, -0.1) is 0 Å². The average molecular weight is 256 g/mol. The van der Waals surface area contributed by atoms with Crippen LogP contribution in [0.15, 0.2) is 0 Å². The molecule has 18 heavy (non-hydrogen) atoms. The summed E-state index contributed by atoms with van der Waals surface area (Å²) in [6, 6.07) is 0. The number of likely N-dealkylation sites (N-methyl/N-ethyl adjacent to an activating group) is 1. The van der Waals surface area contributed by atoms with Crippen molar-refractivity contribution in [2.45, 2.75) is 51.6 Å². The Morgan fingerprint density at radius 1 is 1.06 bits per heavy atom. The smallest absolute Gasteiger partial charge is 0.0774 e. The van der Waals surface area contributed by atoms with Gasteiger partial charge in [0.15, 0.2) is 0 Å². The van der Waals surface area contributed by atoms with Gasteiger partial charge in [0, 0.05) is 26.2 Å². The molecule has 0 saturated heterocycles. The Morgan fingerprint density at radius 3 is 2.17 bits per heavy atom. The third-order valence-electron chi connectivity index (χ3n) is 3.79. The molecule has 1 N–H and O–H groups in total. The standard InChI is InChI=1S/C15H32N2O/c1-14(2)12-17(11-10-16(3)4)13-15(18)8-6-5-7-9-15/h14,18H,5-13H2,1-4H3. The molecular formula is C15H32N2O. The van der Waals surface area contributed by atoms with Crippen LogP contribution in [0.5, 0.6) is 0 Å². The lowest BCUT2D eigenvalue weighted by Gasteiger charge is -2.38. The first kappa shape index (κ1) is 15.9. The minimum absolute atomic E-state index is 0.417. The molecule has 0 heterocycles. The van der Waals surface area contributed by atoms with E-state index in [4.69, 9.17) is 0 Å². The van der Waals surface area contributed by atoms with Crippen molar-refractivity contribution in [3.05, 3.63) is 0 Å². The lowest BCUT2D eigenvalue weighted by atomic mass is 9.84. The highest BCUT2D eigenvalue weighted by Crippen LogP contribution is 2.28. The summed E-state index contributed by atoms with van der Waals surface area (Å²) in [4.78, 5) is 4.67. The molecule has 0 radical (unpaired) electrons. The third kappa shape index (κ3) is 6.17. The SMILES string of the molecule is CC(C)CN(CCN(C)C)CC1(O)CCCCC1. The van der Waals surface area contributed by atoms with E-state index in [0.29, 0.717) is 5.92 Å². The summed E-state index contributed by atoms with van der Waals surface area (Å²) < 4.78 is 0. The van der Waals surface area contributed by atoms with Crippen LogP contribution in [0.2, 0.25) is 0 Å². The van der Waals surface area contributed by atoms with E-state index in [-0.39, 0.29) is 0 Å². The molecule has 0 aromatic heterocycles. The van der Waals surface area contributed by atoms with E-state index < -0.39 is 5.60 Å². The van der Waals surface area contributed by atoms with Crippen LogP contribution in [0.1, 0.15) is 46.0 Å². The summed E-state index contributed by atoms with van der Waals surface area (Å²) in [5, 5.41) is 10.7. The fraction of sp³-hybridized carbons (Fsp3) is 1.00. The summed E-state index contributed by atoms with van der Waals surface area (Å²) >= 11 is 0. The maximum atomic E-state index is 10.7. The molecule has 0 unspecified atom stereocenters. The van der Waals surface area contributed by atoms with Gasteiger partial charge in [0.2, 0.25) is 0 Å². The van der Waals surface area contributed by atoms with Crippen molar-refractivity contribution >= 4 is 0 Å². The van der Waals surface area contributed by atoms with Gasteiger partial charge >= 0.3 is 0 Å². The third-order valence-corrected chi connectivity index (χ3v) is 3.79. The zero-order chi connectivity index (χ0) is 13.6. The van der Waals surface area contributed by atoms with E-state index in [0.717, 1.165) is 39.0 Å². The van der Waals surface area contributed by atoms with Crippen LogP contribution in [-0.4, -0.2) is 60.8 Å². The molecule has 3 nitrogen and oxygen atoms in total. The molecule has 1 saturated carbocycles. The van der Waals surface area contributed by atoms with Crippen molar-refractivity contribution in [2.24, 2.45) is 5.92 Å². The van der Waals surface area contributed by atoms with Gasteiger partial charge in [-0.05, 0) is 32.9 Å². The zero-order valence-corrected chi connectivity index (χ0v) is 12.8. The van der Waals surface area contributed by atoms with Gasteiger partial charge in [-0.1, -0.05) is 33.1 Å². The van der Waals surface area contributed by atoms with Gasteiger partial charge in [-0.3, -0.25) is 4.90 Å². The van der Waals surface area contributed by atoms with E-state index in [9.17, 15) is 5.11 Å². The highest BCUT2D eigenvalue weighted by atomic mass is 16.3. The topological polar surface area (TPSA) is 26.7 Å². The van der Waals surface area contributed by atoms with E-state index in [1.54, 1.807) is 0 Å².